The molecule has 1 aliphatic rings. The second-order valence-corrected chi connectivity index (χ2v) is 8.79. The van der Waals surface area contributed by atoms with Gasteiger partial charge in [-0.2, -0.15) is 0 Å². The summed E-state index contributed by atoms with van der Waals surface area (Å²) >= 11 is 1.71. The van der Waals surface area contributed by atoms with Crippen molar-refractivity contribution in [3.63, 3.8) is 0 Å². The van der Waals surface area contributed by atoms with Crippen LogP contribution in [-0.2, 0) is 16.1 Å². The summed E-state index contributed by atoms with van der Waals surface area (Å²) in [6.45, 7) is 9.83. The van der Waals surface area contributed by atoms with Crippen molar-refractivity contribution in [2.75, 3.05) is 43.6 Å². The van der Waals surface area contributed by atoms with Crippen molar-refractivity contribution in [2.45, 2.75) is 27.3 Å². The van der Waals surface area contributed by atoms with Crippen molar-refractivity contribution < 1.29 is 9.53 Å². The fourth-order valence-electron chi connectivity index (χ4n) is 3.50. The van der Waals surface area contributed by atoms with E-state index in [1.54, 1.807) is 30.2 Å². The van der Waals surface area contributed by atoms with Gasteiger partial charge in [0.2, 0.25) is 5.91 Å². The molecule has 1 amide bonds. The van der Waals surface area contributed by atoms with Gasteiger partial charge in [-0.25, -0.2) is 9.97 Å². The maximum atomic E-state index is 11.6. The van der Waals surface area contributed by atoms with Gasteiger partial charge < -0.3 is 15.0 Å². The molecule has 1 fully saturated rings. The number of amides is 1. The SMILES string of the molecule is CC(=O)N(C)c1ccc(Nc2nc(CN3CCOCC3)nc3sc(C)c(C)c23)cc1. The van der Waals surface area contributed by atoms with Crippen LogP contribution < -0.4 is 10.2 Å². The lowest BCUT2D eigenvalue weighted by atomic mass is 10.2. The Morgan fingerprint density at radius 3 is 2.57 bits per heavy atom. The maximum absolute atomic E-state index is 11.6. The largest absolute Gasteiger partial charge is 0.379 e. The van der Waals surface area contributed by atoms with Gasteiger partial charge in [0.1, 0.15) is 16.5 Å². The highest BCUT2D eigenvalue weighted by Gasteiger charge is 2.18. The molecule has 3 aromatic rings. The number of benzene rings is 1. The van der Waals surface area contributed by atoms with Crippen LogP contribution in [0.4, 0.5) is 17.2 Å². The smallest absolute Gasteiger partial charge is 0.223 e. The van der Waals surface area contributed by atoms with Crippen molar-refractivity contribution >= 4 is 44.7 Å². The Hall–Kier alpha value is -2.55. The van der Waals surface area contributed by atoms with Gasteiger partial charge in [-0.15, -0.1) is 11.3 Å². The zero-order chi connectivity index (χ0) is 21.3. The van der Waals surface area contributed by atoms with Crippen LogP contribution in [0, 0.1) is 13.8 Å². The number of nitrogens with zero attached hydrogens (tertiary/aromatic N) is 4. The average molecular weight is 426 g/mol. The second-order valence-electron chi connectivity index (χ2n) is 7.59. The molecular weight excluding hydrogens is 398 g/mol. The van der Waals surface area contributed by atoms with Crippen LogP contribution in [0.5, 0.6) is 0 Å². The topological polar surface area (TPSA) is 70.6 Å². The molecule has 0 atom stereocenters. The molecule has 8 heteroatoms. The van der Waals surface area contributed by atoms with E-state index in [1.807, 2.05) is 24.3 Å². The second kappa shape index (κ2) is 8.67. The van der Waals surface area contributed by atoms with Gasteiger partial charge in [-0.1, -0.05) is 0 Å². The predicted octanol–water partition coefficient (Wildman–Crippen LogP) is 3.87. The van der Waals surface area contributed by atoms with Gasteiger partial charge >= 0.3 is 0 Å². The molecule has 0 bridgehead atoms. The van der Waals surface area contributed by atoms with Crippen LogP contribution in [0.25, 0.3) is 10.2 Å². The standard InChI is InChI=1S/C22H27N5O2S/c1-14-15(2)30-22-20(14)21(24-19(25-22)13-27-9-11-29-12-10-27)23-17-5-7-18(8-6-17)26(4)16(3)28/h5-8H,9-13H2,1-4H3,(H,23,24,25). The van der Waals surface area contributed by atoms with Crippen LogP contribution in [0.15, 0.2) is 24.3 Å². The lowest BCUT2D eigenvalue weighted by Gasteiger charge is -2.25. The van der Waals surface area contributed by atoms with E-state index in [0.29, 0.717) is 6.54 Å². The van der Waals surface area contributed by atoms with Gasteiger partial charge in [0.05, 0.1) is 25.1 Å². The monoisotopic (exact) mass is 425 g/mol. The summed E-state index contributed by atoms with van der Waals surface area (Å²) < 4.78 is 5.45. The summed E-state index contributed by atoms with van der Waals surface area (Å²) in [5, 5.41) is 4.56. The number of aromatic nitrogens is 2. The fraction of sp³-hybridized carbons (Fsp3) is 0.409. The van der Waals surface area contributed by atoms with Crippen LogP contribution >= 0.6 is 11.3 Å². The van der Waals surface area contributed by atoms with Crippen molar-refractivity contribution in [1.29, 1.82) is 0 Å². The minimum absolute atomic E-state index is 0.00495. The van der Waals surface area contributed by atoms with Crippen molar-refractivity contribution in [3.05, 3.63) is 40.5 Å². The third kappa shape index (κ3) is 4.30. The lowest BCUT2D eigenvalue weighted by molar-refractivity contribution is -0.116. The Morgan fingerprint density at radius 2 is 1.90 bits per heavy atom. The summed E-state index contributed by atoms with van der Waals surface area (Å²) in [6.07, 6.45) is 0. The first-order valence-electron chi connectivity index (χ1n) is 10.1. The number of ether oxygens (including phenoxy) is 1. The van der Waals surface area contributed by atoms with Gasteiger partial charge in [-0.05, 0) is 43.7 Å². The number of rotatable bonds is 5. The molecule has 1 aliphatic heterocycles. The van der Waals surface area contributed by atoms with E-state index in [1.165, 1.54) is 10.4 Å². The normalized spacial score (nSPS) is 14.8. The molecule has 7 nitrogen and oxygen atoms in total. The van der Waals surface area contributed by atoms with Crippen molar-refractivity contribution in [1.82, 2.24) is 14.9 Å². The molecule has 2 aromatic heterocycles. The van der Waals surface area contributed by atoms with Crippen molar-refractivity contribution in [3.8, 4) is 0 Å². The summed E-state index contributed by atoms with van der Waals surface area (Å²) in [6, 6.07) is 7.81. The summed E-state index contributed by atoms with van der Waals surface area (Å²) in [7, 11) is 1.77. The molecule has 0 radical (unpaired) electrons. The number of hydrogen-bond acceptors (Lipinski definition) is 7. The first-order chi connectivity index (χ1) is 14.4. The van der Waals surface area contributed by atoms with E-state index >= 15 is 0 Å². The highest BCUT2D eigenvalue weighted by Crippen LogP contribution is 2.35. The molecule has 0 aliphatic carbocycles. The number of aryl methyl sites for hydroxylation is 2. The molecule has 0 saturated carbocycles. The predicted molar refractivity (Wildman–Crippen MR) is 122 cm³/mol. The number of morpholine rings is 1. The van der Waals surface area contributed by atoms with E-state index < -0.39 is 0 Å². The third-order valence-electron chi connectivity index (χ3n) is 5.53. The molecule has 0 spiro atoms. The number of thiophene rings is 1. The van der Waals surface area contributed by atoms with Gasteiger partial charge in [0.15, 0.2) is 0 Å². The first-order valence-corrected chi connectivity index (χ1v) is 10.9. The van der Waals surface area contributed by atoms with E-state index in [2.05, 4.69) is 24.1 Å². The molecule has 4 rings (SSSR count). The third-order valence-corrected chi connectivity index (χ3v) is 6.63. The number of carbonyl (C=O) groups excluding carboxylic acids is 1. The Labute approximate surface area is 180 Å². The van der Waals surface area contributed by atoms with Gasteiger partial charge in [0, 0.05) is 43.3 Å². The van der Waals surface area contributed by atoms with E-state index in [4.69, 9.17) is 14.7 Å². The minimum Gasteiger partial charge on any atom is -0.379 e. The molecule has 3 heterocycles. The number of fused-ring (bicyclic) bond motifs is 1. The quantitative estimate of drug-likeness (QED) is 0.669. The number of nitrogens with one attached hydrogen (secondary N) is 1. The first kappa shape index (κ1) is 20.7. The van der Waals surface area contributed by atoms with Gasteiger partial charge in [0.25, 0.3) is 0 Å². The maximum Gasteiger partial charge on any atom is 0.223 e. The Morgan fingerprint density at radius 1 is 1.20 bits per heavy atom. The van der Waals surface area contributed by atoms with E-state index in [9.17, 15) is 4.79 Å². The zero-order valence-corrected chi connectivity index (χ0v) is 18.7. The number of hydrogen-bond donors (Lipinski definition) is 1. The van der Waals surface area contributed by atoms with Crippen LogP contribution in [0.2, 0.25) is 0 Å². The van der Waals surface area contributed by atoms with Crippen molar-refractivity contribution in [2.24, 2.45) is 0 Å². The number of anilines is 3. The fourth-order valence-corrected chi connectivity index (χ4v) is 4.55. The Bertz CT molecular complexity index is 1060. The average Bonchev–Trinajstić information content (AvgIpc) is 3.02. The summed E-state index contributed by atoms with van der Waals surface area (Å²) in [5.74, 6) is 1.66. The zero-order valence-electron chi connectivity index (χ0n) is 17.9. The molecule has 0 unspecified atom stereocenters. The molecule has 158 valence electrons. The Kier molecular flexibility index (Phi) is 5.99. The van der Waals surface area contributed by atoms with Gasteiger partial charge in [-0.3, -0.25) is 9.69 Å². The summed E-state index contributed by atoms with van der Waals surface area (Å²) in [4.78, 5) is 27.5. The van der Waals surface area contributed by atoms with Crippen LogP contribution in [-0.4, -0.2) is 54.1 Å². The van der Waals surface area contributed by atoms with E-state index in [0.717, 1.165) is 59.5 Å². The Balaban J connectivity index is 1.65. The van der Waals surface area contributed by atoms with E-state index in [-0.39, 0.29) is 5.91 Å². The molecule has 30 heavy (non-hydrogen) atoms. The summed E-state index contributed by atoms with van der Waals surface area (Å²) in [5.41, 5.74) is 3.00. The molecular formula is C22H27N5O2S. The van der Waals surface area contributed by atoms with Crippen LogP contribution in [0.1, 0.15) is 23.2 Å². The minimum atomic E-state index is 0.00495. The highest BCUT2D eigenvalue weighted by atomic mass is 32.1. The lowest BCUT2D eigenvalue weighted by Crippen LogP contribution is -2.36. The molecule has 1 N–H and O–H groups in total. The molecule has 1 saturated heterocycles. The van der Waals surface area contributed by atoms with Crippen LogP contribution in [0.3, 0.4) is 0 Å². The molecule has 1 aromatic carbocycles. The highest BCUT2D eigenvalue weighted by molar-refractivity contribution is 7.18. The number of carbonyl (C=O) groups is 1.